The van der Waals surface area contributed by atoms with E-state index in [2.05, 4.69) is 5.32 Å². The van der Waals surface area contributed by atoms with Gasteiger partial charge in [-0.2, -0.15) is 0 Å². The van der Waals surface area contributed by atoms with E-state index in [1.54, 1.807) is 12.1 Å². The third kappa shape index (κ3) is 2.99. The van der Waals surface area contributed by atoms with Crippen LogP contribution in [0, 0.1) is 0 Å². The summed E-state index contributed by atoms with van der Waals surface area (Å²) in [6, 6.07) is 4.67. The molecule has 110 valence electrons. The lowest BCUT2D eigenvalue weighted by Crippen LogP contribution is -2.38. The number of amides is 1. The minimum absolute atomic E-state index is 0.157. The number of benzene rings is 1. The molecule has 1 aliphatic heterocycles. The van der Waals surface area contributed by atoms with Crippen LogP contribution in [0.25, 0.3) is 0 Å². The fourth-order valence-electron chi connectivity index (χ4n) is 2.04. The molecule has 0 radical (unpaired) electrons. The molecule has 0 saturated carbocycles. The summed E-state index contributed by atoms with van der Waals surface area (Å²) >= 11 is 5.92. The Hall–Kier alpha value is -1.47. The normalized spacial score (nSPS) is 18.8. The molecular formula is C12H15ClN2O4S. The summed E-state index contributed by atoms with van der Waals surface area (Å²) in [5.41, 5.74) is 0.353. The molecule has 1 heterocycles. The Bertz CT molecular complexity index is 632. The Morgan fingerprint density at radius 1 is 1.50 bits per heavy atom. The molecular weight excluding hydrogens is 304 g/mol. The minimum Gasteiger partial charge on any atom is -0.478 e. The highest BCUT2D eigenvalue weighted by atomic mass is 35.5. The lowest BCUT2D eigenvalue weighted by atomic mass is 10.2. The van der Waals surface area contributed by atoms with E-state index in [0.29, 0.717) is 16.5 Å². The molecule has 1 aromatic rings. The van der Waals surface area contributed by atoms with Gasteiger partial charge in [-0.25, -0.2) is 8.42 Å². The van der Waals surface area contributed by atoms with E-state index in [0.717, 1.165) is 6.26 Å². The molecule has 8 heteroatoms. The molecule has 0 fully saturated rings. The number of carbonyl (C=O) groups is 1. The van der Waals surface area contributed by atoms with E-state index in [1.165, 1.54) is 17.4 Å². The smallest absolute Gasteiger partial charge is 0.260 e. The van der Waals surface area contributed by atoms with Crippen molar-refractivity contribution in [3.05, 3.63) is 23.2 Å². The Balaban J connectivity index is 2.48. The second kappa shape index (κ2) is 5.49. The zero-order valence-electron chi connectivity index (χ0n) is 11.1. The van der Waals surface area contributed by atoms with Gasteiger partial charge < -0.3 is 10.1 Å². The van der Waals surface area contributed by atoms with Gasteiger partial charge in [-0.05, 0) is 18.2 Å². The van der Waals surface area contributed by atoms with Gasteiger partial charge in [0, 0.05) is 25.0 Å². The maximum atomic E-state index is 11.9. The van der Waals surface area contributed by atoms with E-state index < -0.39 is 16.1 Å². The van der Waals surface area contributed by atoms with Crippen LogP contribution in [0.4, 0.5) is 5.69 Å². The predicted molar refractivity (Wildman–Crippen MR) is 76.7 cm³/mol. The van der Waals surface area contributed by atoms with Gasteiger partial charge in [0.2, 0.25) is 10.0 Å². The van der Waals surface area contributed by atoms with Crippen LogP contribution in [0.15, 0.2) is 18.2 Å². The van der Waals surface area contributed by atoms with E-state index in [1.807, 2.05) is 0 Å². The van der Waals surface area contributed by atoms with Gasteiger partial charge in [-0.1, -0.05) is 11.6 Å². The lowest BCUT2D eigenvalue weighted by Gasteiger charge is -2.21. The van der Waals surface area contributed by atoms with Crippen molar-refractivity contribution in [2.45, 2.75) is 12.5 Å². The summed E-state index contributed by atoms with van der Waals surface area (Å²) in [6.07, 6.45) is 0.642. The molecule has 0 aliphatic carbocycles. The maximum absolute atomic E-state index is 11.9. The molecule has 6 nitrogen and oxygen atoms in total. The highest BCUT2D eigenvalue weighted by Gasteiger charge is 2.30. The van der Waals surface area contributed by atoms with Gasteiger partial charge in [0.25, 0.3) is 5.91 Å². The number of anilines is 1. The van der Waals surface area contributed by atoms with Gasteiger partial charge in [0.1, 0.15) is 5.75 Å². The number of likely N-dealkylation sites (N-methyl/N-ethyl adjacent to an activating group) is 1. The number of sulfonamides is 1. The molecule has 0 spiro atoms. The van der Waals surface area contributed by atoms with Crippen LogP contribution in [0.2, 0.25) is 5.02 Å². The molecule has 0 aromatic heterocycles. The SMILES string of the molecule is CNC(=O)[C@H]1CCN(S(C)(=O)=O)c2cc(Cl)ccc2O1. The number of fused-ring (bicyclic) bond motifs is 1. The lowest BCUT2D eigenvalue weighted by molar-refractivity contribution is -0.127. The fraction of sp³-hybridized carbons (Fsp3) is 0.417. The van der Waals surface area contributed by atoms with E-state index >= 15 is 0 Å². The standard InChI is InChI=1S/C12H15ClN2O4S/c1-14-12(16)11-5-6-15(20(2,17)18)9-7-8(13)3-4-10(9)19-11/h3-4,7,11H,5-6H2,1-2H3,(H,14,16)/t11-/m1/s1. The number of hydrogen-bond acceptors (Lipinski definition) is 4. The summed E-state index contributed by atoms with van der Waals surface area (Å²) in [4.78, 5) is 11.7. The van der Waals surface area contributed by atoms with Crippen LogP contribution in [-0.4, -0.2) is 40.3 Å². The number of hydrogen-bond donors (Lipinski definition) is 1. The molecule has 1 atom stereocenters. The average Bonchev–Trinajstić information content (AvgIpc) is 2.56. The first-order valence-corrected chi connectivity index (χ1v) is 8.21. The van der Waals surface area contributed by atoms with Gasteiger partial charge in [-0.15, -0.1) is 0 Å². The number of nitrogens with zero attached hydrogens (tertiary/aromatic N) is 1. The van der Waals surface area contributed by atoms with Crippen molar-refractivity contribution >= 4 is 33.2 Å². The highest BCUT2D eigenvalue weighted by molar-refractivity contribution is 7.92. The number of carbonyl (C=O) groups excluding carboxylic acids is 1. The summed E-state index contributed by atoms with van der Waals surface area (Å²) < 4.78 is 30.6. The third-order valence-corrected chi connectivity index (χ3v) is 4.41. The molecule has 0 unspecified atom stereocenters. The molecule has 2 rings (SSSR count). The Kier molecular flexibility index (Phi) is 4.10. The quantitative estimate of drug-likeness (QED) is 0.883. The zero-order chi connectivity index (χ0) is 14.9. The van der Waals surface area contributed by atoms with Gasteiger partial charge in [-0.3, -0.25) is 9.10 Å². The number of halogens is 1. The molecule has 20 heavy (non-hydrogen) atoms. The second-order valence-electron chi connectivity index (χ2n) is 4.46. The topological polar surface area (TPSA) is 75.7 Å². The van der Waals surface area contributed by atoms with Crippen molar-refractivity contribution in [1.29, 1.82) is 0 Å². The maximum Gasteiger partial charge on any atom is 0.260 e. The predicted octanol–water partition coefficient (Wildman–Crippen LogP) is 1.00. The fourth-order valence-corrected chi connectivity index (χ4v) is 3.15. The molecule has 1 aromatic carbocycles. The number of rotatable bonds is 2. The van der Waals surface area contributed by atoms with Crippen molar-refractivity contribution in [3.8, 4) is 5.75 Å². The Morgan fingerprint density at radius 2 is 2.20 bits per heavy atom. The van der Waals surface area contributed by atoms with Gasteiger partial charge in [0.05, 0.1) is 11.9 Å². The van der Waals surface area contributed by atoms with Crippen molar-refractivity contribution in [2.24, 2.45) is 0 Å². The van der Waals surface area contributed by atoms with Crippen molar-refractivity contribution in [1.82, 2.24) is 5.32 Å². The largest absolute Gasteiger partial charge is 0.478 e. The van der Waals surface area contributed by atoms with E-state index in [9.17, 15) is 13.2 Å². The molecule has 0 bridgehead atoms. The number of nitrogens with one attached hydrogen (secondary N) is 1. The number of ether oxygens (including phenoxy) is 1. The van der Waals surface area contributed by atoms with E-state index in [4.69, 9.17) is 16.3 Å². The Labute approximate surface area is 122 Å². The van der Waals surface area contributed by atoms with Crippen LogP contribution < -0.4 is 14.4 Å². The van der Waals surface area contributed by atoms with Crippen LogP contribution in [0.1, 0.15) is 6.42 Å². The summed E-state index contributed by atoms with van der Waals surface area (Å²) in [6.45, 7) is 0.157. The zero-order valence-corrected chi connectivity index (χ0v) is 12.7. The summed E-state index contributed by atoms with van der Waals surface area (Å²) in [5.74, 6) is 0.0344. The third-order valence-electron chi connectivity index (χ3n) is 2.99. The summed E-state index contributed by atoms with van der Waals surface area (Å²) in [5, 5.41) is 2.90. The molecule has 1 amide bonds. The Morgan fingerprint density at radius 3 is 2.80 bits per heavy atom. The first-order chi connectivity index (χ1) is 9.32. The first kappa shape index (κ1) is 14.9. The van der Waals surface area contributed by atoms with Gasteiger partial charge in [0.15, 0.2) is 6.10 Å². The van der Waals surface area contributed by atoms with E-state index in [-0.39, 0.29) is 18.9 Å². The van der Waals surface area contributed by atoms with Crippen molar-refractivity contribution in [2.75, 3.05) is 24.2 Å². The molecule has 1 N–H and O–H groups in total. The van der Waals surface area contributed by atoms with Crippen LogP contribution in [0.3, 0.4) is 0 Å². The average molecular weight is 319 g/mol. The van der Waals surface area contributed by atoms with Crippen LogP contribution in [0.5, 0.6) is 5.75 Å². The summed E-state index contributed by atoms with van der Waals surface area (Å²) in [7, 11) is -1.96. The van der Waals surface area contributed by atoms with Crippen molar-refractivity contribution < 1.29 is 17.9 Å². The minimum atomic E-state index is -3.47. The van der Waals surface area contributed by atoms with Crippen molar-refractivity contribution in [3.63, 3.8) is 0 Å². The molecule has 1 aliphatic rings. The van der Waals surface area contributed by atoms with Crippen LogP contribution >= 0.6 is 11.6 Å². The second-order valence-corrected chi connectivity index (χ2v) is 6.80. The molecule has 0 saturated heterocycles. The van der Waals surface area contributed by atoms with Gasteiger partial charge >= 0.3 is 0 Å². The van der Waals surface area contributed by atoms with Crippen LogP contribution in [-0.2, 0) is 14.8 Å². The highest BCUT2D eigenvalue weighted by Crippen LogP contribution is 2.36. The monoisotopic (exact) mass is 318 g/mol. The first-order valence-electron chi connectivity index (χ1n) is 5.98.